The largest absolute Gasteiger partial charge is 0.416 e. The third kappa shape index (κ3) is 3.71. The van der Waals surface area contributed by atoms with E-state index in [0.717, 1.165) is 17.0 Å². The van der Waals surface area contributed by atoms with Gasteiger partial charge in [0.05, 0.1) is 5.56 Å². The fraction of sp³-hybridized carbons (Fsp3) is 0.353. The average Bonchev–Trinajstić information content (AvgIpc) is 3.20. The fourth-order valence-electron chi connectivity index (χ4n) is 2.73. The second kappa shape index (κ2) is 6.81. The average molecular weight is 367 g/mol. The summed E-state index contributed by atoms with van der Waals surface area (Å²) in [6.45, 7) is 2.01. The van der Waals surface area contributed by atoms with E-state index in [9.17, 15) is 22.8 Å². The zero-order valence-corrected chi connectivity index (χ0v) is 13.9. The summed E-state index contributed by atoms with van der Waals surface area (Å²) in [5.41, 5.74) is -1.07. The van der Waals surface area contributed by atoms with Gasteiger partial charge in [-0.3, -0.25) is 14.5 Å². The van der Waals surface area contributed by atoms with Gasteiger partial charge in [-0.2, -0.15) is 13.2 Å². The number of anilines is 1. The molecule has 1 aliphatic rings. The van der Waals surface area contributed by atoms with E-state index in [2.05, 4.69) is 5.16 Å². The topological polar surface area (TPSA) is 66.7 Å². The molecule has 9 heteroatoms. The molecule has 0 aliphatic carbocycles. The second-order valence-electron chi connectivity index (χ2n) is 6.01. The molecule has 3 rings (SSSR count). The first kappa shape index (κ1) is 18.0. The SMILES string of the molecule is Cc1cc(N(CN2CCCC2=O)C(=O)c2cccc(C(F)(F)F)c2)no1. The lowest BCUT2D eigenvalue weighted by Crippen LogP contribution is -2.42. The number of nitrogens with zero attached hydrogens (tertiary/aromatic N) is 3. The Morgan fingerprint density at radius 1 is 1.35 bits per heavy atom. The number of likely N-dealkylation sites (tertiary alicyclic amines) is 1. The molecule has 1 saturated heterocycles. The van der Waals surface area contributed by atoms with E-state index in [1.807, 2.05) is 0 Å². The molecule has 26 heavy (non-hydrogen) atoms. The molecule has 138 valence electrons. The molecule has 2 heterocycles. The van der Waals surface area contributed by atoms with Gasteiger partial charge in [0.1, 0.15) is 12.4 Å². The summed E-state index contributed by atoms with van der Waals surface area (Å²) in [5, 5.41) is 3.77. The molecule has 1 aromatic heterocycles. The van der Waals surface area contributed by atoms with Crippen molar-refractivity contribution in [2.45, 2.75) is 25.9 Å². The van der Waals surface area contributed by atoms with Crippen molar-refractivity contribution < 1.29 is 27.3 Å². The van der Waals surface area contributed by atoms with Gasteiger partial charge in [0, 0.05) is 24.6 Å². The van der Waals surface area contributed by atoms with Crippen molar-refractivity contribution in [1.82, 2.24) is 10.1 Å². The number of hydrogen-bond acceptors (Lipinski definition) is 4. The van der Waals surface area contributed by atoms with Crippen LogP contribution >= 0.6 is 0 Å². The van der Waals surface area contributed by atoms with E-state index in [-0.39, 0.29) is 24.0 Å². The number of aromatic nitrogens is 1. The summed E-state index contributed by atoms with van der Waals surface area (Å²) in [6.07, 6.45) is -3.51. The van der Waals surface area contributed by atoms with E-state index in [1.54, 1.807) is 6.92 Å². The van der Waals surface area contributed by atoms with Gasteiger partial charge in [0.25, 0.3) is 5.91 Å². The number of rotatable bonds is 4. The van der Waals surface area contributed by atoms with Crippen molar-refractivity contribution >= 4 is 17.6 Å². The van der Waals surface area contributed by atoms with Gasteiger partial charge in [0.15, 0.2) is 5.82 Å². The Morgan fingerprint density at radius 3 is 2.69 bits per heavy atom. The maximum Gasteiger partial charge on any atom is 0.416 e. The second-order valence-corrected chi connectivity index (χ2v) is 6.01. The van der Waals surface area contributed by atoms with E-state index in [4.69, 9.17) is 4.52 Å². The highest BCUT2D eigenvalue weighted by Crippen LogP contribution is 2.30. The van der Waals surface area contributed by atoms with Crippen molar-refractivity contribution in [3.05, 3.63) is 47.2 Å². The maximum absolute atomic E-state index is 12.9. The highest BCUT2D eigenvalue weighted by Gasteiger charge is 2.32. The first-order valence-electron chi connectivity index (χ1n) is 7.96. The first-order valence-corrected chi connectivity index (χ1v) is 7.96. The minimum Gasteiger partial charge on any atom is -0.360 e. The molecule has 2 amide bonds. The summed E-state index contributed by atoms with van der Waals surface area (Å²) in [5.74, 6) is -0.227. The summed E-state index contributed by atoms with van der Waals surface area (Å²) in [6, 6.07) is 5.64. The molecule has 0 spiro atoms. The van der Waals surface area contributed by atoms with Gasteiger partial charge in [-0.25, -0.2) is 0 Å². The highest BCUT2D eigenvalue weighted by molar-refractivity contribution is 6.05. The summed E-state index contributed by atoms with van der Waals surface area (Å²) >= 11 is 0. The zero-order valence-electron chi connectivity index (χ0n) is 13.9. The maximum atomic E-state index is 12.9. The summed E-state index contributed by atoms with van der Waals surface area (Å²) in [7, 11) is 0. The standard InChI is InChI=1S/C17H16F3N3O3/c1-11-8-14(21-26-11)23(10-22-7-3-6-15(22)24)16(25)12-4-2-5-13(9-12)17(18,19)20/h2,4-5,8-9H,3,6-7,10H2,1H3. The van der Waals surface area contributed by atoms with Gasteiger partial charge in [0.2, 0.25) is 5.91 Å². The number of amides is 2. The Morgan fingerprint density at radius 2 is 2.12 bits per heavy atom. The van der Waals surface area contributed by atoms with Gasteiger partial charge in [-0.05, 0) is 31.5 Å². The molecule has 0 radical (unpaired) electrons. The molecule has 6 nitrogen and oxygen atoms in total. The van der Waals surface area contributed by atoms with Crippen LogP contribution in [0.3, 0.4) is 0 Å². The lowest BCUT2D eigenvalue weighted by atomic mass is 10.1. The van der Waals surface area contributed by atoms with Crippen LogP contribution in [0, 0.1) is 6.92 Å². The monoisotopic (exact) mass is 367 g/mol. The molecule has 0 N–H and O–H groups in total. The van der Waals surface area contributed by atoms with Crippen LogP contribution in [-0.4, -0.2) is 35.1 Å². The lowest BCUT2D eigenvalue weighted by Gasteiger charge is -2.26. The molecule has 2 aromatic rings. The van der Waals surface area contributed by atoms with Crippen LogP contribution in [0.5, 0.6) is 0 Å². The molecule has 1 fully saturated rings. The number of aryl methyl sites for hydroxylation is 1. The van der Waals surface area contributed by atoms with E-state index < -0.39 is 17.6 Å². The lowest BCUT2D eigenvalue weighted by molar-refractivity contribution is -0.137. The fourth-order valence-corrected chi connectivity index (χ4v) is 2.73. The van der Waals surface area contributed by atoms with Crippen molar-refractivity contribution in [3.63, 3.8) is 0 Å². The molecular weight excluding hydrogens is 351 g/mol. The third-order valence-corrected chi connectivity index (χ3v) is 4.06. The quantitative estimate of drug-likeness (QED) is 0.832. The van der Waals surface area contributed by atoms with Crippen molar-refractivity contribution in [3.8, 4) is 0 Å². The Bertz CT molecular complexity index is 832. The molecule has 1 aromatic carbocycles. The van der Waals surface area contributed by atoms with Crippen LogP contribution in [0.2, 0.25) is 0 Å². The normalized spacial score (nSPS) is 14.8. The number of alkyl halides is 3. The molecule has 0 bridgehead atoms. The Hall–Kier alpha value is -2.84. The van der Waals surface area contributed by atoms with Crippen LogP contribution in [0.25, 0.3) is 0 Å². The summed E-state index contributed by atoms with van der Waals surface area (Å²) < 4.78 is 43.8. The van der Waals surface area contributed by atoms with E-state index in [0.29, 0.717) is 25.1 Å². The smallest absolute Gasteiger partial charge is 0.360 e. The van der Waals surface area contributed by atoms with Crippen LogP contribution in [0.1, 0.15) is 34.5 Å². The minimum atomic E-state index is -4.56. The molecule has 1 aliphatic heterocycles. The predicted octanol–water partition coefficient (Wildman–Crippen LogP) is 3.23. The van der Waals surface area contributed by atoms with E-state index in [1.165, 1.54) is 23.1 Å². The number of benzene rings is 1. The highest BCUT2D eigenvalue weighted by atomic mass is 19.4. The minimum absolute atomic E-state index is 0.0973. The number of halogens is 3. The number of hydrogen-bond donors (Lipinski definition) is 0. The van der Waals surface area contributed by atoms with Gasteiger partial charge in [-0.15, -0.1) is 0 Å². The molecule has 0 unspecified atom stereocenters. The molecule has 0 saturated carbocycles. The zero-order chi connectivity index (χ0) is 18.9. The van der Waals surface area contributed by atoms with Crippen LogP contribution in [-0.2, 0) is 11.0 Å². The van der Waals surface area contributed by atoms with Crippen LogP contribution < -0.4 is 4.90 Å². The Kier molecular flexibility index (Phi) is 4.71. The Balaban J connectivity index is 1.93. The summed E-state index contributed by atoms with van der Waals surface area (Å²) in [4.78, 5) is 27.4. The van der Waals surface area contributed by atoms with E-state index >= 15 is 0 Å². The van der Waals surface area contributed by atoms with Crippen molar-refractivity contribution in [2.24, 2.45) is 0 Å². The third-order valence-electron chi connectivity index (χ3n) is 4.06. The molecule has 0 atom stereocenters. The van der Waals surface area contributed by atoms with Gasteiger partial charge >= 0.3 is 6.18 Å². The van der Waals surface area contributed by atoms with Crippen molar-refractivity contribution in [1.29, 1.82) is 0 Å². The van der Waals surface area contributed by atoms with Crippen molar-refractivity contribution in [2.75, 3.05) is 18.1 Å². The van der Waals surface area contributed by atoms with Gasteiger partial charge < -0.3 is 9.42 Å². The number of carbonyl (C=O) groups is 2. The van der Waals surface area contributed by atoms with Crippen LogP contribution in [0.4, 0.5) is 19.0 Å². The first-order chi connectivity index (χ1) is 12.3. The molecular formula is C17H16F3N3O3. The Labute approximate surface area is 147 Å². The number of carbonyl (C=O) groups excluding carboxylic acids is 2. The van der Waals surface area contributed by atoms with Crippen LogP contribution in [0.15, 0.2) is 34.9 Å². The van der Waals surface area contributed by atoms with Gasteiger partial charge in [-0.1, -0.05) is 11.2 Å². The predicted molar refractivity (Wildman–Crippen MR) is 85.3 cm³/mol.